The zero-order valence-electron chi connectivity index (χ0n) is 16.0. The molecule has 1 amide bonds. The van der Waals surface area contributed by atoms with Gasteiger partial charge in [0.2, 0.25) is 10.0 Å². The van der Waals surface area contributed by atoms with E-state index in [1.54, 1.807) is 6.20 Å². The lowest BCUT2D eigenvalue weighted by atomic mass is 10.2. The van der Waals surface area contributed by atoms with Gasteiger partial charge in [-0.2, -0.15) is 0 Å². The van der Waals surface area contributed by atoms with E-state index in [-0.39, 0.29) is 16.8 Å². The van der Waals surface area contributed by atoms with E-state index in [1.165, 1.54) is 24.3 Å². The molecule has 0 aliphatic heterocycles. The molecule has 0 saturated heterocycles. The number of nitrogens with zero attached hydrogens (tertiary/aromatic N) is 2. The maximum atomic E-state index is 12.5. The van der Waals surface area contributed by atoms with Gasteiger partial charge in [-0.1, -0.05) is 12.1 Å². The summed E-state index contributed by atoms with van der Waals surface area (Å²) in [6.45, 7) is 2.66. The molecule has 29 heavy (non-hydrogen) atoms. The van der Waals surface area contributed by atoms with E-state index in [2.05, 4.69) is 15.0 Å². The van der Waals surface area contributed by atoms with E-state index in [0.29, 0.717) is 17.8 Å². The highest BCUT2D eigenvalue weighted by Gasteiger charge is 2.27. The van der Waals surface area contributed by atoms with Gasteiger partial charge in [-0.3, -0.25) is 4.79 Å². The number of aromatic nitrogens is 2. The molecule has 8 heteroatoms. The minimum atomic E-state index is -3.52. The smallest absolute Gasteiger partial charge is 0.255 e. The predicted molar refractivity (Wildman–Crippen MR) is 110 cm³/mol. The summed E-state index contributed by atoms with van der Waals surface area (Å²) < 4.78 is 29.1. The second-order valence-electron chi connectivity index (χ2n) is 7.17. The number of benzene rings is 2. The number of nitrogens with one attached hydrogen (secondary N) is 2. The quantitative estimate of drug-likeness (QED) is 0.626. The van der Waals surface area contributed by atoms with Crippen LogP contribution in [0.25, 0.3) is 0 Å². The number of anilines is 1. The Hall–Kier alpha value is -2.97. The van der Waals surface area contributed by atoms with Crippen molar-refractivity contribution in [2.75, 3.05) is 5.32 Å². The lowest BCUT2D eigenvalue weighted by Gasteiger charge is -2.09. The monoisotopic (exact) mass is 410 g/mol. The SMILES string of the molecule is Cc1nccn1Cc1ccc(NC(=O)c2ccc(S(=O)(=O)NC3CC3)cc2)cc1. The highest BCUT2D eigenvalue weighted by atomic mass is 32.2. The molecular formula is C21H22N4O3S. The average molecular weight is 410 g/mol. The number of carbonyl (C=O) groups excluding carboxylic acids is 1. The van der Waals surface area contributed by atoms with Gasteiger partial charge in [0.15, 0.2) is 0 Å². The molecule has 1 fully saturated rings. The number of hydrogen-bond donors (Lipinski definition) is 2. The fourth-order valence-corrected chi connectivity index (χ4v) is 4.24. The van der Waals surface area contributed by atoms with Crippen LogP contribution in [-0.2, 0) is 16.6 Å². The van der Waals surface area contributed by atoms with E-state index >= 15 is 0 Å². The normalized spacial score (nSPS) is 14.0. The Labute approximate surface area is 169 Å². The summed E-state index contributed by atoms with van der Waals surface area (Å²) >= 11 is 0. The van der Waals surface area contributed by atoms with Crippen molar-refractivity contribution >= 4 is 21.6 Å². The van der Waals surface area contributed by atoms with Crippen molar-refractivity contribution in [1.29, 1.82) is 0 Å². The van der Waals surface area contributed by atoms with E-state index in [0.717, 1.165) is 24.2 Å². The van der Waals surface area contributed by atoms with Crippen LogP contribution in [-0.4, -0.2) is 29.9 Å². The molecule has 0 radical (unpaired) electrons. The minimum absolute atomic E-state index is 0.0450. The van der Waals surface area contributed by atoms with Gasteiger partial charge in [0.25, 0.3) is 5.91 Å². The summed E-state index contributed by atoms with van der Waals surface area (Å²) in [7, 11) is -3.52. The van der Waals surface area contributed by atoms with Crippen molar-refractivity contribution in [2.24, 2.45) is 0 Å². The first kappa shape index (κ1) is 19.4. The maximum absolute atomic E-state index is 12.5. The zero-order chi connectivity index (χ0) is 20.4. The number of rotatable bonds is 7. The first-order valence-corrected chi connectivity index (χ1v) is 10.9. The van der Waals surface area contributed by atoms with E-state index in [9.17, 15) is 13.2 Å². The van der Waals surface area contributed by atoms with Crippen LogP contribution >= 0.6 is 0 Å². The van der Waals surface area contributed by atoms with E-state index in [4.69, 9.17) is 0 Å². The molecule has 3 aromatic rings. The number of aryl methyl sites for hydroxylation is 1. The Balaban J connectivity index is 1.39. The van der Waals surface area contributed by atoms with Crippen LogP contribution in [0.15, 0.2) is 65.8 Å². The molecule has 1 aromatic heterocycles. The standard InChI is InChI=1S/C21H22N4O3S/c1-15-22-12-13-25(15)14-16-2-6-18(7-3-16)23-21(26)17-4-10-20(11-5-17)29(27,28)24-19-8-9-19/h2-7,10-13,19,24H,8-9,14H2,1H3,(H,23,26). The van der Waals surface area contributed by atoms with Crippen LogP contribution in [0.4, 0.5) is 5.69 Å². The van der Waals surface area contributed by atoms with Crippen molar-refractivity contribution < 1.29 is 13.2 Å². The molecule has 1 heterocycles. The molecule has 0 unspecified atom stereocenters. The fraction of sp³-hybridized carbons (Fsp3) is 0.238. The molecule has 2 aromatic carbocycles. The molecule has 7 nitrogen and oxygen atoms in total. The highest BCUT2D eigenvalue weighted by molar-refractivity contribution is 7.89. The molecule has 0 bridgehead atoms. The van der Waals surface area contributed by atoms with Crippen LogP contribution in [0, 0.1) is 6.92 Å². The number of hydrogen-bond acceptors (Lipinski definition) is 4. The Kier molecular flexibility index (Phi) is 5.21. The largest absolute Gasteiger partial charge is 0.331 e. The number of imidazole rings is 1. The van der Waals surface area contributed by atoms with Gasteiger partial charge < -0.3 is 9.88 Å². The van der Waals surface area contributed by atoms with Crippen molar-refractivity contribution in [3.63, 3.8) is 0 Å². The molecule has 1 saturated carbocycles. The van der Waals surface area contributed by atoms with Crippen LogP contribution in [0.2, 0.25) is 0 Å². The topological polar surface area (TPSA) is 93.1 Å². The summed E-state index contributed by atoms with van der Waals surface area (Å²) in [6, 6.07) is 13.6. The van der Waals surface area contributed by atoms with Crippen LogP contribution < -0.4 is 10.0 Å². The van der Waals surface area contributed by atoms with E-state index in [1.807, 2.05) is 42.0 Å². The van der Waals surface area contributed by atoms with Crippen molar-refractivity contribution in [3.8, 4) is 0 Å². The number of carbonyl (C=O) groups is 1. The third kappa shape index (κ3) is 4.72. The minimum Gasteiger partial charge on any atom is -0.331 e. The highest BCUT2D eigenvalue weighted by Crippen LogP contribution is 2.22. The zero-order valence-corrected chi connectivity index (χ0v) is 16.8. The van der Waals surface area contributed by atoms with Gasteiger partial charge in [-0.25, -0.2) is 18.1 Å². The van der Waals surface area contributed by atoms with Gasteiger partial charge in [0, 0.05) is 36.2 Å². The Morgan fingerprint density at radius 1 is 1.10 bits per heavy atom. The summed E-state index contributed by atoms with van der Waals surface area (Å²) in [4.78, 5) is 16.8. The van der Waals surface area contributed by atoms with Gasteiger partial charge in [-0.15, -0.1) is 0 Å². The van der Waals surface area contributed by atoms with E-state index < -0.39 is 10.0 Å². The summed E-state index contributed by atoms with van der Waals surface area (Å²) in [5, 5.41) is 2.83. The summed E-state index contributed by atoms with van der Waals surface area (Å²) in [5.41, 5.74) is 2.17. The second-order valence-corrected chi connectivity index (χ2v) is 8.89. The van der Waals surface area contributed by atoms with Gasteiger partial charge >= 0.3 is 0 Å². The van der Waals surface area contributed by atoms with Gasteiger partial charge in [0.1, 0.15) is 5.82 Å². The number of sulfonamides is 1. The third-order valence-electron chi connectivity index (χ3n) is 4.81. The van der Waals surface area contributed by atoms with Crippen LogP contribution in [0.1, 0.15) is 34.6 Å². The second kappa shape index (κ2) is 7.81. The maximum Gasteiger partial charge on any atom is 0.255 e. The predicted octanol–water partition coefficient (Wildman–Crippen LogP) is 2.93. The van der Waals surface area contributed by atoms with Gasteiger partial charge in [0.05, 0.1) is 4.90 Å². The molecular weight excluding hydrogens is 388 g/mol. The molecule has 1 aliphatic carbocycles. The van der Waals surface area contributed by atoms with Crippen LogP contribution in [0.5, 0.6) is 0 Å². The Bertz CT molecular complexity index is 1120. The lowest BCUT2D eigenvalue weighted by Crippen LogP contribution is -2.25. The molecule has 0 atom stereocenters. The molecule has 150 valence electrons. The molecule has 1 aliphatic rings. The third-order valence-corrected chi connectivity index (χ3v) is 6.35. The summed E-state index contributed by atoms with van der Waals surface area (Å²) in [6.07, 6.45) is 5.44. The Morgan fingerprint density at radius 2 is 1.79 bits per heavy atom. The first-order chi connectivity index (χ1) is 13.9. The van der Waals surface area contributed by atoms with Crippen LogP contribution in [0.3, 0.4) is 0 Å². The lowest BCUT2D eigenvalue weighted by molar-refractivity contribution is 0.102. The van der Waals surface area contributed by atoms with Crippen molar-refractivity contribution in [2.45, 2.75) is 37.2 Å². The molecule has 4 rings (SSSR count). The summed E-state index contributed by atoms with van der Waals surface area (Å²) in [5.74, 6) is 0.655. The van der Waals surface area contributed by atoms with Crippen molar-refractivity contribution in [3.05, 3.63) is 77.9 Å². The molecule has 2 N–H and O–H groups in total. The van der Waals surface area contributed by atoms with Gasteiger partial charge in [-0.05, 0) is 61.7 Å². The number of amides is 1. The fourth-order valence-electron chi connectivity index (χ4n) is 2.94. The average Bonchev–Trinajstić information content (AvgIpc) is 3.42. The Morgan fingerprint density at radius 3 is 2.38 bits per heavy atom. The molecule has 0 spiro atoms. The van der Waals surface area contributed by atoms with Crippen molar-refractivity contribution in [1.82, 2.24) is 14.3 Å². The first-order valence-electron chi connectivity index (χ1n) is 9.41.